The SMILES string of the molecule is Brc1ccc2c(c1)CCC(C1CC1)N2. The lowest BCUT2D eigenvalue weighted by Crippen LogP contribution is -2.27. The predicted molar refractivity (Wildman–Crippen MR) is 62.6 cm³/mol. The van der Waals surface area contributed by atoms with Crippen LogP contribution in [-0.4, -0.2) is 6.04 Å². The fraction of sp³-hybridized carbons (Fsp3) is 0.500. The number of nitrogens with one attached hydrogen (secondary N) is 1. The molecule has 1 saturated carbocycles. The highest BCUT2D eigenvalue weighted by Gasteiger charge is 2.33. The molecule has 0 amide bonds. The molecule has 1 aliphatic heterocycles. The number of rotatable bonds is 1. The van der Waals surface area contributed by atoms with Crippen LogP contribution < -0.4 is 5.32 Å². The van der Waals surface area contributed by atoms with Crippen LogP contribution in [0.15, 0.2) is 22.7 Å². The summed E-state index contributed by atoms with van der Waals surface area (Å²) in [5, 5.41) is 3.67. The molecule has 74 valence electrons. The van der Waals surface area contributed by atoms with Crippen molar-refractivity contribution in [1.29, 1.82) is 0 Å². The number of benzene rings is 1. The molecule has 1 aliphatic carbocycles. The molecule has 1 N–H and O–H groups in total. The fourth-order valence-electron chi connectivity index (χ4n) is 2.34. The minimum atomic E-state index is 0.753. The minimum Gasteiger partial charge on any atom is -0.382 e. The Hall–Kier alpha value is -0.500. The smallest absolute Gasteiger partial charge is 0.0375 e. The van der Waals surface area contributed by atoms with Gasteiger partial charge in [0.25, 0.3) is 0 Å². The Morgan fingerprint density at radius 3 is 2.86 bits per heavy atom. The molecule has 0 bridgehead atoms. The van der Waals surface area contributed by atoms with Gasteiger partial charge in [0.2, 0.25) is 0 Å². The lowest BCUT2D eigenvalue weighted by molar-refractivity contribution is 0.569. The van der Waals surface area contributed by atoms with Gasteiger partial charge in [0, 0.05) is 16.2 Å². The topological polar surface area (TPSA) is 12.0 Å². The summed E-state index contributed by atoms with van der Waals surface area (Å²) in [6, 6.07) is 7.32. The first-order valence-electron chi connectivity index (χ1n) is 5.38. The summed E-state index contributed by atoms with van der Waals surface area (Å²) >= 11 is 3.52. The molecule has 0 aromatic heterocycles. The van der Waals surface area contributed by atoms with E-state index in [2.05, 4.69) is 39.4 Å². The summed E-state index contributed by atoms with van der Waals surface area (Å²) in [6.45, 7) is 0. The molecule has 1 aromatic carbocycles. The number of fused-ring (bicyclic) bond motifs is 1. The number of anilines is 1. The van der Waals surface area contributed by atoms with Crippen molar-refractivity contribution in [2.75, 3.05) is 5.32 Å². The van der Waals surface area contributed by atoms with Gasteiger partial charge in [-0.3, -0.25) is 0 Å². The van der Waals surface area contributed by atoms with Crippen molar-refractivity contribution in [3.8, 4) is 0 Å². The van der Waals surface area contributed by atoms with Crippen LogP contribution in [0.25, 0.3) is 0 Å². The largest absolute Gasteiger partial charge is 0.382 e. The molecule has 2 aliphatic rings. The van der Waals surface area contributed by atoms with Crippen LogP contribution in [0, 0.1) is 5.92 Å². The van der Waals surface area contributed by atoms with Crippen LogP contribution in [0.1, 0.15) is 24.8 Å². The maximum atomic E-state index is 3.67. The van der Waals surface area contributed by atoms with E-state index >= 15 is 0 Å². The van der Waals surface area contributed by atoms with Crippen molar-refractivity contribution in [3.05, 3.63) is 28.2 Å². The van der Waals surface area contributed by atoms with Crippen LogP contribution in [0.5, 0.6) is 0 Å². The summed E-state index contributed by atoms with van der Waals surface area (Å²) < 4.78 is 1.20. The van der Waals surface area contributed by atoms with E-state index in [1.807, 2.05) is 0 Å². The summed E-state index contributed by atoms with van der Waals surface area (Å²) in [7, 11) is 0. The molecule has 1 aromatic rings. The molecular formula is C12H14BrN. The highest BCUT2D eigenvalue weighted by atomic mass is 79.9. The molecule has 2 heteroatoms. The Kier molecular flexibility index (Phi) is 2.05. The molecule has 0 saturated heterocycles. The van der Waals surface area contributed by atoms with Gasteiger partial charge in [0.15, 0.2) is 0 Å². The Balaban J connectivity index is 1.86. The average Bonchev–Trinajstić information content (AvgIpc) is 3.00. The van der Waals surface area contributed by atoms with E-state index in [1.165, 1.54) is 41.4 Å². The second-order valence-corrected chi connectivity index (χ2v) is 5.34. The molecule has 1 atom stereocenters. The Bertz CT molecular complexity index is 357. The molecule has 1 heterocycles. The van der Waals surface area contributed by atoms with Gasteiger partial charge in [0.05, 0.1) is 0 Å². The third-order valence-electron chi connectivity index (χ3n) is 3.32. The average molecular weight is 252 g/mol. The normalized spacial score (nSPS) is 25.4. The molecular weight excluding hydrogens is 238 g/mol. The zero-order chi connectivity index (χ0) is 9.54. The Labute approximate surface area is 93.0 Å². The monoisotopic (exact) mass is 251 g/mol. The zero-order valence-electron chi connectivity index (χ0n) is 8.09. The van der Waals surface area contributed by atoms with Gasteiger partial charge in [-0.15, -0.1) is 0 Å². The maximum Gasteiger partial charge on any atom is 0.0375 e. The molecule has 14 heavy (non-hydrogen) atoms. The first-order chi connectivity index (χ1) is 6.83. The van der Waals surface area contributed by atoms with Gasteiger partial charge in [-0.25, -0.2) is 0 Å². The maximum absolute atomic E-state index is 3.67. The van der Waals surface area contributed by atoms with Gasteiger partial charge in [-0.2, -0.15) is 0 Å². The van der Waals surface area contributed by atoms with Crippen molar-refractivity contribution in [3.63, 3.8) is 0 Å². The van der Waals surface area contributed by atoms with Gasteiger partial charge in [-0.1, -0.05) is 15.9 Å². The van der Waals surface area contributed by atoms with E-state index in [0.29, 0.717) is 0 Å². The highest BCUT2D eigenvalue weighted by Crippen LogP contribution is 2.39. The van der Waals surface area contributed by atoms with Crippen molar-refractivity contribution >= 4 is 21.6 Å². The second kappa shape index (κ2) is 3.27. The lowest BCUT2D eigenvalue weighted by atomic mass is 9.95. The van der Waals surface area contributed by atoms with Crippen molar-refractivity contribution in [1.82, 2.24) is 0 Å². The summed E-state index contributed by atoms with van der Waals surface area (Å²) in [4.78, 5) is 0. The number of hydrogen-bond acceptors (Lipinski definition) is 1. The lowest BCUT2D eigenvalue weighted by Gasteiger charge is -2.27. The number of aryl methyl sites for hydroxylation is 1. The van der Waals surface area contributed by atoms with E-state index in [-0.39, 0.29) is 0 Å². The van der Waals surface area contributed by atoms with Crippen molar-refractivity contribution in [2.45, 2.75) is 31.7 Å². The molecule has 3 rings (SSSR count). The van der Waals surface area contributed by atoms with Crippen molar-refractivity contribution < 1.29 is 0 Å². The third-order valence-corrected chi connectivity index (χ3v) is 3.82. The summed E-state index contributed by atoms with van der Waals surface area (Å²) in [6.07, 6.45) is 5.42. The molecule has 0 spiro atoms. The van der Waals surface area contributed by atoms with Crippen LogP contribution >= 0.6 is 15.9 Å². The predicted octanol–water partition coefficient (Wildman–Crippen LogP) is 3.59. The standard InChI is InChI=1S/C12H14BrN/c13-10-4-6-12-9(7-10)3-5-11(14-12)8-1-2-8/h4,6-8,11,14H,1-3,5H2. The van der Waals surface area contributed by atoms with Crippen LogP contribution in [0.2, 0.25) is 0 Å². The first kappa shape index (κ1) is 8.78. The van der Waals surface area contributed by atoms with E-state index in [0.717, 1.165) is 12.0 Å². The highest BCUT2D eigenvalue weighted by molar-refractivity contribution is 9.10. The second-order valence-electron chi connectivity index (χ2n) is 4.43. The Morgan fingerprint density at radius 2 is 2.07 bits per heavy atom. The number of halogens is 1. The fourth-order valence-corrected chi connectivity index (χ4v) is 2.75. The molecule has 1 nitrogen and oxygen atoms in total. The van der Waals surface area contributed by atoms with Crippen LogP contribution in [-0.2, 0) is 6.42 Å². The third kappa shape index (κ3) is 1.56. The van der Waals surface area contributed by atoms with E-state index in [9.17, 15) is 0 Å². The number of hydrogen-bond donors (Lipinski definition) is 1. The van der Waals surface area contributed by atoms with Gasteiger partial charge < -0.3 is 5.32 Å². The molecule has 1 fully saturated rings. The van der Waals surface area contributed by atoms with Gasteiger partial charge >= 0.3 is 0 Å². The van der Waals surface area contributed by atoms with Crippen LogP contribution in [0.4, 0.5) is 5.69 Å². The summed E-state index contributed by atoms with van der Waals surface area (Å²) in [5.74, 6) is 0.965. The first-order valence-corrected chi connectivity index (χ1v) is 6.17. The Morgan fingerprint density at radius 1 is 1.21 bits per heavy atom. The zero-order valence-corrected chi connectivity index (χ0v) is 9.68. The van der Waals surface area contributed by atoms with Crippen molar-refractivity contribution in [2.24, 2.45) is 5.92 Å². The summed E-state index contributed by atoms with van der Waals surface area (Å²) in [5.41, 5.74) is 2.83. The minimum absolute atomic E-state index is 0.753. The van der Waals surface area contributed by atoms with E-state index in [1.54, 1.807) is 0 Å². The van der Waals surface area contributed by atoms with E-state index < -0.39 is 0 Å². The molecule has 0 radical (unpaired) electrons. The van der Waals surface area contributed by atoms with Gasteiger partial charge in [-0.05, 0) is 55.4 Å². The quantitative estimate of drug-likeness (QED) is 0.805. The van der Waals surface area contributed by atoms with Gasteiger partial charge in [0.1, 0.15) is 0 Å². The van der Waals surface area contributed by atoms with E-state index in [4.69, 9.17) is 0 Å². The molecule has 1 unspecified atom stereocenters. The van der Waals surface area contributed by atoms with Crippen LogP contribution in [0.3, 0.4) is 0 Å².